The number of benzene rings is 2. The highest BCUT2D eigenvalue weighted by Gasteiger charge is 2.32. The van der Waals surface area contributed by atoms with Crippen LogP contribution < -0.4 is 0 Å². The molecular formula is C23H24BrNOS. The molecule has 3 heterocycles. The summed E-state index contributed by atoms with van der Waals surface area (Å²) in [6.45, 7) is 2.55. The van der Waals surface area contributed by atoms with E-state index in [4.69, 9.17) is 4.42 Å². The van der Waals surface area contributed by atoms with E-state index in [1.54, 1.807) is 0 Å². The van der Waals surface area contributed by atoms with Crippen molar-refractivity contribution in [2.75, 3.05) is 13.1 Å². The van der Waals surface area contributed by atoms with Gasteiger partial charge in [-0.1, -0.05) is 34.1 Å². The third-order valence-corrected chi connectivity index (χ3v) is 7.66. The summed E-state index contributed by atoms with van der Waals surface area (Å²) in [5, 5.41) is 1.31. The summed E-state index contributed by atoms with van der Waals surface area (Å²) in [5.74, 6) is 0.638. The maximum atomic E-state index is 5.93. The first-order valence-electron chi connectivity index (χ1n) is 9.95. The van der Waals surface area contributed by atoms with Crippen LogP contribution in [0.1, 0.15) is 43.6 Å². The van der Waals surface area contributed by atoms with Crippen LogP contribution in [0.4, 0.5) is 0 Å². The van der Waals surface area contributed by atoms with Crippen LogP contribution in [0, 0.1) is 0 Å². The Bertz CT molecular complexity index is 935. The Morgan fingerprint density at radius 3 is 2.70 bits per heavy atom. The molecule has 0 amide bonds. The van der Waals surface area contributed by atoms with Crippen molar-refractivity contribution in [2.45, 2.75) is 53.9 Å². The summed E-state index contributed by atoms with van der Waals surface area (Å²) in [7, 11) is 0. The SMILES string of the molecule is Brc1ccc(Sc2ccc3occ(C4CCN5CCCCC5C4)c3c2)cc1. The second-order valence-electron chi connectivity index (χ2n) is 7.81. The predicted octanol–water partition coefficient (Wildman–Crippen LogP) is 7.08. The van der Waals surface area contributed by atoms with Crippen LogP contribution in [-0.4, -0.2) is 24.0 Å². The summed E-state index contributed by atoms with van der Waals surface area (Å²) in [6, 6.07) is 15.9. The highest BCUT2D eigenvalue weighted by molar-refractivity contribution is 9.10. The first-order valence-corrected chi connectivity index (χ1v) is 11.6. The van der Waals surface area contributed by atoms with Gasteiger partial charge in [0.1, 0.15) is 5.58 Å². The molecule has 3 aromatic rings. The largest absolute Gasteiger partial charge is 0.464 e. The van der Waals surface area contributed by atoms with Crippen molar-refractivity contribution in [3.05, 3.63) is 58.8 Å². The molecule has 0 bridgehead atoms. The van der Waals surface area contributed by atoms with Crippen molar-refractivity contribution in [1.29, 1.82) is 0 Å². The first-order chi connectivity index (χ1) is 13.3. The van der Waals surface area contributed by atoms with Gasteiger partial charge < -0.3 is 9.32 Å². The van der Waals surface area contributed by atoms with Crippen LogP contribution in [0.3, 0.4) is 0 Å². The third kappa shape index (κ3) is 3.72. The Morgan fingerprint density at radius 2 is 1.81 bits per heavy atom. The number of hydrogen-bond donors (Lipinski definition) is 0. The van der Waals surface area contributed by atoms with Crippen LogP contribution in [0.25, 0.3) is 11.0 Å². The molecule has 27 heavy (non-hydrogen) atoms. The molecule has 2 unspecified atom stereocenters. The van der Waals surface area contributed by atoms with Gasteiger partial charge in [0.25, 0.3) is 0 Å². The lowest BCUT2D eigenvalue weighted by Gasteiger charge is -2.42. The standard InChI is InChI=1S/C23H24BrNOS/c24-17-4-6-19(7-5-17)27-20-8-9-23-21(14-20)22(15-26-23)16-10-12-25-11-2-1-3-18(25)13-16/h4-9,14-16,18H,1-3,10-13H2. The lowest BCUT2D eigenvalue weighted by molar-refractivity contribution is 0.0975. The van der Waals surface area contributed by atoms with Crippen molar-refractivity contribution < 1.29 is 4.42 Å². The molecule has 2 aliphatic heterocycles. The maximum absolute atomic E-state index is 5.93. The van der Waals surface area contributed by atoms with Crippen LogP contribution in [0.2, 0.25) is 0 Å². The minimum atomic E-state index is 0.638. The smallest absolute Gasteiger partial charge is 0.134 e. The molecule has 0 spiro atoms. The van der Waals surface area contributed by atoms with Gasteiger partial charge in [-0.3, -0.25) is 0 Å². The number of halogens is 1. The van der Waals surface area contributed by atoms with Gasteiger partial charge in [-0.05, 0) is 87.2 Å². The summed E-state index contributed by atoms with van der Waals surface area (Å²) in [5.41, 5.74) is 2.45. The van der Waals surface area contributed by atoms with Crippen LogP contribution >= 0.6 is 27.7 Å². The third-order valence-electron chi connectivity index (χ3n) is 6.13. The van der Waals surface area contributed by atoms with Crippen molar-refractivity contribution >= 4 is 38.7 Å². The zero-order valence-electron chi connectivity index (χ0n) is 15.4. The molecule has 4 heteroatoms. The van der Waals surface area contributed by atoms with E-state index < -0.39 is 0 Å². The molecule has 0 aliphatic carbocycles. The van der Waals surface area contributed by atoms with E-state index in [9.17, 15) is 0 Å². The summed E-state index contributed by atoms with van der Waals surface area (Å²) in [4.78, 5) is 5.26. The average Bonchev–Trinajstić information content (AvgIpc) is 3.13. The normalized spacial score (nSPS) is 23.4. The average molecular weight is 442 g/mol. The molecule has 2 nitrogen and oxygen atoms in total. The van der Waals surface area contributed by atoms with Gasteiger partial charge in [-0.15, -0.1) is 0 Å². The van der Waals surface area contributed by atoms with Gasteiger partial charge in [0, 0.05) is 31.3 Å². The molecule has 2 fully saturated rings. The second kappa shape index (κ2) is 7.65. The molecule has 5 rings (SSSR count). The van der Waals surface area contributed by atoms with Crippen LogP contribution in [0.15, 0.2) is 67.4 Å². The van der Waals surface area contributed by atoms with Crippen molar-refractivity contribution in [3.8, 4) is 0 Å². The minimum absolute atomic E-state index is 0.638. The lowest BCUT2D eigenvalue weighted by Crippen LogP contribution is -2.44. The van der Waals surface area contributed by atoms with E-state index in [1.807, 2.05) is 18.0 Å². The van der Waals surface area contributed by atoms with Crippen LogP contribution in [-0.2, 0) is 0 Å². The zero-order valence-corrected chi connectivity index (χ0v) is 17.8. The first kappa shape index (κ1) is 17.8. The van der Waals surface area contributed by atoms with Crippen molar-refractivity contribution in [2.24, 2.45) is 0 Å². The molecule has 140 valence electrons. The Balaban J connectivity index is 1.40. The van der Waals surface area contributed by atoms with E-state index in [0.29, 0.717) is 5.92 Å². The number of nitrogens with zero attached hydrogens (tertiary/aromatic N) is 1. The van der Waals surface area contributed by atoms with E-state index >= 15 is 0 Å². The monoisotopic (exact) mass is 441 g/mol. The lowest BCUT2D eigenvalue weighted by atomic mass is 9.82. The predicted molar refractivity (Wildman–Crippen MR) is 116 cm³/mol. The van der Waals surface area contributed by atoms with E-state index in [2.05, 4.69) is 63.3 Å². The van der Waals surface area contributed by atoms with Crippen LogP contribution in [0.5, 0.6) is 0 Å². The highest BCUT2D eigenvalue weighted by atomic mass is 79.9. The molecule has 0 N–H and O–H groups in total. The van der Waals surface area contributed by atoms with Crippen molar-refractivity contribution in [3.63, 3.8) is 0 Å². The van der Waals surface area contributed by atoms with E-state index in [-0.39, 0.29) is 0 Å². The molecule has 2 aliphatic rings. The number of rotatable bonds is 3. The fourth-order valence-electron chi connectivity index (χ4n) is 4.72. The molecule has 2 atom stereocenters. The van der Waals surface area contributed by atoms with Gasteiger partial charge in [0.2, 0.25) is 0 Å². The van der Waals surface area contributed by atoms with Gasteiger partial charge in [-0.2, -0.15) is 0 Å². The molecule has 2 saturated heterocycles. The Hall–Kier alpha value is -1.23. The van der Waals surface area contributed by atoms with Gasteiger partial charge >= 0.3 is 0 Å². The molecule has 1 aromatic heterocycles. The minimum Gasteiger partial charge on any atom is -0.464 e. The number of hydrogen-bond acceptors (Lipinski definition) is 3. The zero-order chi connectivity index (χ0) is 18.2. The second-order valence-corrected chi connectivity index (χ2v) is 9.87. The van der Waals surface area contributed by atoms with Crippen molar-refractivity contribution in [1.82, 2.24) is 4.90 Å². The van der Waals surface area contributed by atoms with E-state index in [1.165, 1.54) is 65.9 Å². The summed E-state index contributed by atoms with van der Waals surface area (Å²) in [6.07, 6.45) is 8.73. The topological polar surface area (TPSA) is 16.4 Å². The number of furan rings is 1. The Kier molecular flexibility index (Phi) is 5.06. The summed E-state index contributed by atoms with van der Waals surface area (Å²) < 4.78 is 7.05. The molecule has 2 aromatic carbocycles. The van der Waals surface area contributed by atoms with Gasteiger partial charge in [0.05, 0.1) is 6.26 Å². The fraction of sp³-hybridized carbons (Fsp3) is 0.391. The Labute approximate surface area is 173 Å². The van der Waals surface area contributed by atoms with E-state index in [0.717, 1.165) is 16.1 Å². The maximum Gasteiger partial charge on any atom is 0.134 e. The summed E-state index contributed by atoms with van der Waals surface area (Å²) >= 11 is 5.33. The van der Waals surface area contributed by atoms with Gasteiger partial charge in [-0.25, -0.2) is 0 Å². The molecule has 0 radical (unpaired) electrons. The quantitative estimate of drug-likeness (QED) is 0.431. The highest BCUT2D eigenvalue weighted by Crippen LogP contribution is 2.40. The van der Waals surface area contributed by atoms with Gasteiger partial charge in [0.15, 0.2) is 0 Å². The number of fused-ring (bicyclic) bond motifs is 2. The Morgan fingerprint density at radius 1 is 0.963 bits per heavy atom. The molecule has 0 saturated carbocycles. The fourth-order valence-corrected chi connectivity index (χ4v) is 5.84. The molecular weight excluding hydrogens is 418 g/mol. The number of piperidine rings is 2.